The number of anilines is 1. The lowest BCUT2D eigenvalue weighted by molar-refractivity contribution is -0.121. The van der Waals surface area contributed by atoms with Crippen molar-refractivity contribution in [2.24, 2.45) is 0 Å². The van der Waals surface area contributed by atoms with Crippen LogP contribution in [0.4, 0.5) is 5.69 Å². The van der Waals surface area contributed by atoms with Gasteiger partial charge in [-0.25, -0.2) is 8.42 Å². The summed E-state index contributed by atoms with van der Waals surface area (Å²) < 4.78 is 36.5. The van der Waals surface area contributed by atoms with Crippen molar-refractivity contribution in [1.82, 2.24) is 5.32 Å². The number of carbonyl (C=O) groups is 1. The first-order valence-corrected chi connectivity index (χ1v) is 11.8. The predicted molar refractivity (Wildman–Crippen MR) is 119 cm³/mol. The van der Waals surface area contributed by atoms with Crippen molar-refractivity contribution in [3.63, 3.8) is 0 Å². The van der Waals surface area contributed by atoms with Crippen LogP contribution in [0.15, 0.2) is 48.5 Å². The van der Waals surface area contributed by atoms with Crippen molar-refractivity contribution in [3.8, 4) is 11.5 Å². The Bertz CT molecular complexity index is 913. The molecule has 0 aliphatic rings. The molecule has 0 heterocycles. The summed E-state index contributed by atoms with van der Waals surface area (Å²) in [5.41, 5.74) is 1.75. The third kappa shape index (κ3) is 7.26. The Morgan fingerprint density at radius 2 is 1.73 bits per heavy atom. The van der Waals surface area contributed by atoms with E-state index in [4.69, 9.17) is 9.47 Å². The zero-order chi connectivity index (χ0) is 22.0. The van der Waals surface area contributed by atoms with Crippen molar-refractivity contribution in [1.29, 1.82) is 0 Å². The van der Waals surface area contributed by atoms with E-state index in [1.54, 1.807) is 31.4 Å². The summed E-state index contributed by atoms with van der Waals surface area (Å²) in [6.07, 6.45) is 2.71. The smallest absolute Gasteiger partial charge is 0.232 e. The van der Waals surface area contributed by atoms with E-state index < -0.39 is 10.0 Å². The van der Waals surface area contributed by atoms with Crippen molar-refractivity contribution in [2.75, 3.05) is 37.4 Å². The number of hydrogen-bond acceptors (Lipinski definition) is 5. The lowest BCUT2D eigenvalue weighted by atomic mass is 10.1. The Balaban J connectivity index is 1.77. The maximum atomic E-state index is 12.2. The summed E-state index contributed by atoms with van der Waals surface area (Å²) in [6, 6.07) is 14.7. The Labute approximate surface area is 179 Å². The number of amides is 1. The lowest BCUT2D eigenvalue weighted by Gasteiger charge is -2.22. The van der Waals surface area contributed by atoms with Gasteiger partial charge in [0.25, 0.3) is 0 Å². The van der Waals surface area contributed by atoms with Gasteiger partial charge >= 0.3 is 0 Å². The topological polar surface area (TPSA) is 84.9 Å². The molecule has 2 aromatic rings. The van der Waals surface area contributed by atoms with Crippen molar-refractivity contribution in [3.05, 3.63) is 54.1 Å². The number of nitrogens with zero attached hydrogens (tertiary/aromatic N) is 1. The van der Waals surface area contributed by atoms with E-state index in [0.29, 0.717) is 36.8 Å². The number of nitrogens with one attached hydrogen (secondary N) is 1. The quantitative estimate of drug-likeness (QED) is 0.519. The monoisotopic (exact) mass is 434 g/mol. The Kier molecular flexibility index (Phi) is 8.98. The van der Waals surface area contributed by atoms with Crippen LogP contribution in [0, 0.1) is 0 Å². The molecular formula is C22H30N2O5S. The first-order chi connectivity index (χ1) is 14.3. The Morgan fingerprint density at radius 1 is 1.07 bits per heavy atom. The number of para-hydroxylation sites is 2. The fourth-order valence-electron chi connectivity index (χ4n) is 2.95. The van der Waals surface area contributed by atoms with Crippen LogP contribution in [-0.2, 0) is 21.2 Å². The van der Waals surface area contributed by atoms with Gasteiger partial charge in [0.1, 0.15) is 6.61 Å². The SMILES string of the molecule is CCc1ccc(N(CCCC(=O)NCCOc2ccccc2OC)S(C)(=O)=O)cc1. The molecule has 2 rings (SSSR count). The first-order valence-electron chi connectivity index (χ1n) is 9.94. The van der Waals surface area contributed by atoms with Crippen LogP contribution in [0.2, 0.25) is 0 Å². The third-order valence-electron chi connectivity index (χ3n) is 4.55. The molecule has 0 saturated heterocycles. The number of benzene rings is 2. The number of methoxy groups -OCH3 is 1. The van der Waals surface area contributed by atoms with Crippen LogP contribution < -0.4 is 19.1 Å². The highest BCUT2D eigenvalue weighted by Crippen LogP contribution is 2.25. The molecule has 0 aromatic heterocycles. The van der Waals surface area contributed by atoms with Gasteiger partial charge in [-0.15, -0.1) is 0 Å². The highest BCUT2D eigenvalue weighted by Gasteiger charge is 2.17. The number of carbonyl (C=O) groups excluding carboxylic acids is 1. The minimum atomic E-state index is -3.42. The van der Waals surface area contributed by atoms with Gasteiger partial charge in [0.15, 0.2) is 11.5 Å². The molecule has 0 saturated carbocycles. The maximum Gasteiger partial charge on any atom is 0.232 e. The molecule has 2 aromatic carbocycles. The molecule has 0 spiro atoms. The molecule has 1 amide bonds. The van der Waals surface area contributed by atoms with Crippen LogP contribution in [0.1, 0.15) is 25.3 Å². The predicted octanol–water partition coefficient (Wildman–Crippen LogP) is 3.00. The van der Waals surface area contributed by atoms with Gasteiger partial charge in [-0.3, -0.25) is 9.10 Å². The van der Waals surface area contributed by atoms with Crippen molar-refractivity contribution >= 4 is 21.6 Å². The normalized spacial score (nSPS) is 11.0. The molecule has 8 heteroatoms. The van der Waals surface area contributed by atoms with Crippen LogP contribution in [-0.4, -0.2) is 47.4 Å². The van der Waals surface area contributed by atoms with Crippen LogP contribution in [0.3, 0.4) is 0 Å². The van der Waals surface area contributed by atoms with Gasteiger partial charge in [0.2, 0.25) is 15.9 Å². The molecule has 0 atom stereocenters. The fourth-order valence-corrected chi connectivity index (χ4v) is 3.91. The average Bonchev–Trinajstić information content (AvgIpc) is 2.74. The van der Waals surface area contributed by atoms with Gasteiger partial charge < -0.3 is 14.8 Å². The Morgan fingerprint density at radius 3 is 2.33 bits per heavy atom. The third-order valence-corrected chi connectivity index (χ3v) is 5.74. The Hall–Kier alpha value is -2.74. The number of hydrogen-bond donors (Lipinski definition) is 1. The number of rotatable bonds is 12. The van der Waals surface area contributed by atoms with E-state index in [9.17, 15) is 13.2 Å². The molecule has 164 valence electrons. The first kappa shape index (κ1) is 23.5. The van der Waals surface area contributed by atoms with Crippen molar-refractivity contribution in [2.45, 2.75) is 26.2 Å². The summed E-state index contributed by atoms with van der Waals surface area (Å²) in [5.74, 6) is 1.11. The van der Waals surface area contributed by atoms with E-state index >= 15 is 0 Å². The standard InChI is InChI=1S/C22H30N2O5S/c1-4-18-11-13-19(14-12-18)24(30(3,26)27)16-7-10-22(25)23-15-17-29-21-9-6-5-8-20(21)28-2/h5-6,8-9,11-14H,4,7,10,15-17H2,1-3H3,(H,23,25). The zero-order valence-corrected chi connectivity index (χ0v) is 18.6. The van der Waals surface area contributed by atoms with E-state index in [2.05, 4.69) is 5.32 Å². The molecule has 0 radical (unpaired) electrons. The van der Waals surface area contributed by atoms with Gasteiger partial charge in [0, 0.05) is 13.0 Å². The largest absolute Gasteiger partial charge is 0.493 e. The molecule has 0 aliphatic heterocycles. The molecule has 7 nitrogen and oxygen atoms in total. The van der Waals surface area contributed by atoms with E-state index in [1.807, 2.05) is 31.2 Å². The van der Waals surface area contributed by atoms with Crippen LogP contribution in [0.5, 0.6) is 11.5 Å². The molecule has 0 bridgehead atoms. The van der Waals surface area contributed by atoms with Crippen molar-refractivity contribution < 1.29 is 22.7 Å². The lowest BCUT2D eigenvalue weighted by Crippen LogP contribution is -2.32. The number of sulfonamides is 1. The zero-order valence-electron chi connectivity index (χ0n) is 17.8. The minimum absolute atomic E-state index is 0.145. The van der Waals surface area contributed by atoms with Gasteiger partial charge in [-0.2, -0.15) is 0 Å². The van der Waals surface area contributed by atoms with E-state index in [1.165, 1.54) is 10.6 Å². The van der Waals surface area contributed by atoms with E-state index in [0.717, 1.165) is 12.0 Å². The van der Waals surface area contributed by atoms with Crippen LogP contribution in [0.25, 0.3) is 0 Å². The molecule has 0 aliphatic carbocycles. The van der Waals surface area contributed by atoms with Gasteiger partial charge in [0.05, 0.1) is 25.6 Å². The van der Waals surface area contributed by atoms with E-state index in [-0.39, 0.29) is 18.9 Å². The second-order valence-corrected chi connectivity index (χ2v) is 8.71. The molecule has 0 unspecified atom stereocenters. The summed E-state index contributed by atoms with van der Waals surface area (Å²) in [4.78, 5) is 12.1. The van der Waals surface area contributed by atoms with Crippen LogP contribution >= 0.6 is 0 Å². The number of ether oxygens (including phenoxy) is 2. The molecule has 0 fully saturated rings. The average molecular weight is 435 g/mol. The van der Waals surface area contributed by atoms with Gasteiger partial charge in [-0.1, -0.05) is 31.2 Å². The molecular weight excluding hydrogens is 404 g/mol. The summed E-state index contributed by atoms with van der Waals surface area (Å²) in [7, 11) is -1.85. The summed E-state index contributed by atoms with van der Waals surface area (Å²) in [6.45, 7) is 2.95. The summed E-state index contributed by atoms with van der Waals surface area (Å²) in [5, 5.41) is 2.78. The summed E-state index contributed by atoms with van der Waals surface area (Å²) >= 11 is 0. The molecule has 1 N–H and O–H groups in total. The second kappa shape index (κ2) is 11.4. The number of aryl methyl sites for hydroxylation is 1. The second-order valence-electron chi connectivity index (χ2n) is 6.81. The fraction of sp³-hybridized carbons (Fsp3) is 0.409. The molecule has 30 heavy (non-hydrogen) atoms. The maximum absolute atomic E-state index is 12.2. The van der Waals surface area contributed by atoms with Gasteiger partial charge in [-0.05, 0) is 42.7 Å². The highest BCUT2D eigenvalue weighted by atomic mass is 32.2. The minimum Gasteiger partial charge on any atom is -0.493 e. The highest BCUT2D eigenvalue weighted by molar-refractivity contribution is 7.92.